The number of aliphatic hydroxyl groups excluding tert-OH is 1. The van der Waals surface area contributed by atoms with Gasteiger partial charge in [0.25, 0.3) is 0 Å². The van der Waals surface area contributed by atoms with E-state index >= 15 is 0 Å². The molecule has 0 aromatic heterocycles. The van der Waals surface area contributed by atoms with E-state index in [4.69, 9.17) is 9.47 Å². The number of rotatable bonds is 7. The molecule has 0 aromatic rings. The minimum Gasteiger partial charge on any atom is -0.390 e. The first kappa shape index (κ1) is 12.9. The van der Waals surface area contributed by atoms with Crippen LogP contribution < -0.4 is 0 Å². The molecular formula is C12H24O3. The molecule has 0 radical (unpaired) electrons. The highest BCUT2D eigenvalue weighted by Gasteiger charge is 2.21. The molecule has 3 unspecified atom stereocenters. The normalized spacial score (nSPS) is 25.4. The summed E-state index contributed by atoms with van der Waals surface area (Å²) in [5.41, 5.74) is 0. The third-order valence-corrected chi connectivity index (χ3v) is 2.94. The molecule has 0 saturated carbocycles. The lowest BCUT2D eigenvalue weighted by molar-refractivity contribution is -0.0737. The summed E-state index contributed by atoms with van der Waals surface area (Å²) in [6, 6.07) is 0. The second-order valence-electron chi connectivity index (χ2n) is 4.27. The molecule has 1 heterocycles. The fraction of sp³-hybridized carbons (Fsp3) is 1.00. The highest BCUT2D eigenvalue weighted by Crippen LogP contribution is 2.15. The largest absolute Gasteiger partial charge is 0.390 e. The SMILES string of the molecule is CCCC(O)C(CC)OCC1CCCO1. The van der Waals surface area contributed by atoms with Crippen LogP contribution in [0.2, 0.25) is 0 Å². The lowest BCUT2D eigenvalue weighted by Crippen LogP contribution is -2.31. The van der Waals surface area contributed by atoms with Crippen LogP contribution in [0.1, 0.15) is 46.0 Å². The maximum Gasteiger partial charge on any atom is 0.0832 e. The maximum absolute atomic E-state index is 9.82. The molecule has 0 bridgehead atoms. The van der Waals surface area contributed by atoms with Gasteiger partial charge in [0.05, 0.1) is 24.9 Å². The van der Waals surface area contributed by atoms with Gasteiger partial charge in [0, 0.05) is 6.61 Å². The predicted molar refractivity (Wildman–Crippen MR) is 59.9 cm³/mol. The van der Waals surface area contributed by atoms with Crippen molar-refractivity contribution >= 4 is 0 Å². The van der Waals surface area contributed by atoms with E-state index in [2.05, 4.69) is 13.8 Å². The number of hydrogen-bond acceptors (Lipinski definition) is 3. The van der Waals surface area contributed by atoms with Crippen molar-refractivity contribution in [1.82, 2.24) is 0 Å². The summed E-state index contributed by atoms with van der Waals surface area (Å²) in [6.45, 7) is 5.64. The fourth-order valence-electron chi connectivity index (χ4n) is 1.99. The second-order valence-corrected chi connectivity index (χ2v) is 4.27. The standard InChI is InChI=1S/C12H24O3/c1-3-6-11(13)12(4-2)15-9-10-7-5-8-14-10/h10-13H,3-9H2,1-2H3. The zero-order valence-corrected chi connectivity index (χ0v) is 9.95. The van der Waals surface area contributed by atoms with Gasteiger partial charge in [-0.2, -0.15) is 0 Å². The molecular weight excluding hydrogens is 192 g/mol. The topological polar surface area (TPSA) is 38.7 Å². The lowest BCUT2D eigenvalue weighted by atomic mass is 10.1. The Bertz CT molecular complexity index is 155. The summed E-state index contributed by atoms with van der Waals surface area (Å²) in [5, 5.41) is 9.82. The molecule has 1 rings (SSSR count). The minimum atomic E-state index is -0.318. The Morgan fingerprint density at radius 2 is 2.27 bits per heavy atom. The number of aliphatic hydroxyl groups is 1. The molecule has 15 heavy (non-hydrogen) atoms. The van der Waals surface area contributed by atoms with E-state index in [-0.39, 0.29) is 18.3 Å². The first-order chi connectivity index (χ1) is 7.27. The average Bonchev–Trinajstić information content (AvgIpc) is 2.72. The van der Waals surface area contributed by atoms with Gasteiger partial charge < -0.3 is 14.6 Å². The van der Waals surface area contributed by atoms with E-state index in [9.17, 15) is 5.11 Å². The van der Waals surface area contributed by atoms with Crippen LogP contribution in [0.15, 0.2) is 0 Å². The van der Waals surface area contributed by atoms with Crippen LogP contribution in [0, 0.1) is 0 Å². The van der Waals surface area contributed by atoms with Crippen molar-refractivity contribution in [2.24, 2.45) is 0 Å². The predicted octanol–water partition coefficient (Wildman–Crippen LogP) is 2.12. The molecule has 0 aliphatic carbocycles. The summed E-state index contributed by atoms with van der Waals surface area (Å²) in [5.74, 6) is 0. The van der Waals surface area contributed by atoms with Gasteiger partial charge in [0.2, 0.25) is 0 Å². The molecule has 1 aliphatic heterocycles. The minimum absolute atomic E-state index is 0.0193. The van der Waals surface area contributed by atoms with Gasteiger partial charge in [-0.1, -0.05) is 20.3 Å². The van der Waals surface area contributed by atoms with E-state index in [1.54, 1.807) is 0 Å². The first-order valence-corrected chi connectivity index (χ1v) is 6.19. The van der Waals surface area contributed by atoms with Crippen molar-refractivity contribution in [1.29, 1.82) is 0 Å². The quantitative estimate of drug-likeness (QED) is 0.708. The first-order valence-electron chi connectivity index (χ1n) is 6.19. The second kappa shape index (κ2) is 7.20. The van der Waals surface area contributed by atoms with Crippen molar-refractivity contribution in [2.75, 3.05) is 13.2 Å². The molecule has 0 spiro atoms. The van der Waals surface area contributed by atoms with Crippen LogP contribution >= 0.6 is 0 Å². The lowest BCUT2D eigenvalue weighted by Gasteiger charge is -2.23. The smallest absolute Gasteiger partial charge is 0.0832 e. The Kier molecular flexibility index (Phi) is 6.22. The third-order valence-electron chi connectivity index (χ3n) is 2.94. The van der Waals surface area contributed by atoms with Gasteiger partial charge in [0.15, 0.2) is 0 Å². The third kappa shape index (κ3) is 4.49. The van der Waals surface area contributed by atoms with Crippen LogP contribution in [0.4, 0.5) is 0 Å². The van der Waals surface area contributed by atoms with Crippen LogP contribution in [0.5, 0.6) is 0 Å². The van der Waals surface area contributed by atoms with Crippen LogP contribution in [-0.4, -0.2) is 36.6 Å². The Labute approximate surface area is 92.8 Å². The summed E-state index contributed by atoms with van der Waals surface area (Å²) >= 11 is 0. The van der Waals surface area contributed by atoms with Gasteiger partial charge in [-0.15, -0.1) is 0 Å². The maximum atomic E-state index is 9.82. The van der Waals surface area contributed by atoms with Crippen molar-refractivity contribution in [3.63, 3.8) is 0 Å². The van der Waals surface area contributed by atoms with Crippen LogP contribution in [0.3, 0.4) is 0 Å². The molecule has 3 atom stereocenters. The van der Waals surface area contributed by atoms with Gasteiger partial charge in [0.1, 0.15) is 0 Å². The van der Waals surface area contributed by atoms with E-state index in [1.165, 1.54) is 0 Å². The average molecular weight is 216 g/mol. The van der Waals surface area contributed by atoms with Crippen molar-refractivity contribution in [3.8, 4) is 0 Å². The van der Waals surface area contributed by atoms with Crippen LogP contribution in [0.25, 0.3) is 0 Å². The molecule has 3 nitrogen and oxygen atoms in total. The Morgan fingerprint density at radius 3 is 2.80 bits per heavy atom. The van der Waals surface area contributed by atoms with Crippen LogP contribution in [-0.2, 0) is 9.47 Å². The van der Waals surface area contributed by atoms with Gasteiger partial charge in [-0.25, -0.2) is 0 Å². The molecule has 0 amide bonds. The van der Waals surface area contributed by atoms with Gasteiger partial charge in [-0.3, -0.25) is 0 Å². The summed E-state index contributed by atoms with van der Waals surface area (Å²) in [6.07, 6.45) is 4.85. The van der Waals surface area contributed by atoms with Crippen molar-refractivity contribution in [3.05, 3.63) is 0 Å². The fourth-order valence-corrected chi connectivity index (χ4v) is 1.99. The van der Waals surface area contributed by atoms with E-state index in [0.29, 0.717) is 6.61 Å². The highest BCUT2D eigenvalue weighted by atomic mass is 16.5. The summed E-state index contributed by atoms with van der Waals surface area (Å²) in [4.78, 5) is 0. The Morgan fingerprint density at radius 1 is 1.47 bits per heavy atom. The monoisotopic (exact) mass is 216 g/mol. The Hall–Kier alpha value is -0.120. The molecule has 0 aromatic carbocycles. The molecule has 3 heteroatoms. The molecule has 1 aliphatic rings. The summed E-state index contributed by atoms with van der Waals surface area (Å²) < 4.78 is 11.2. The molecule has 1 N–H and O–H groups in total. The molecule has 1 fully saturated rings. The zero-order valence-electron chi connectivity index (χ0n) is 9.95. The number of ether oxygens (including phenoxy) is 2. The van der Waals surface area contributed by atoms with Gasteiger partial charge >= 0.3 is 0 Å². The highest BCUT2D eigenvalue weighted by molar-refractivity contribution is 4.70. The zero-order chi connectivity index (χ0) is 11.1. The molecule has 1 saturated heterocycles. The van der Waals surface area contributed by atoms with E-state index in [0.717, 1.165) is 38.7 Å². The van der Waals surface area contributed by atoms with E-state index < -0.39 is 0 Å². The number of hydrogen-bond donors (Lipinski definition) is 1. The van der Waals surface area contributed by atoms with Crippen molar-refractivity contribution in [2.45, 2.75) is 64.3 Å². The van der Waals surface area contributed by atoms with Gasteiger partial charge in [-0.05, 0) is 25.7 Å². The molecule has 90 valence electrons. The Balaban J connectivity index is 2.19. The van der Waals surface area contributed by atoms with E-state index in [1.807, 2.05) is 0 Å². The van der Waals surface area contributed by atoms with Crippen molar-refractivity contribution < 1.29 is 14.6 Å². The summed E-state index contributed by atoms with van der Waals surface area (Å²) in [7, 11) is 0.